The number of hydrogen-bond donors (Lipinski definition) is 1. The fraction of sp³-hybridized carbons (Fsp3) is 0.600. The molecule has 21 heavy (non-hydrogen) atoms. The van der Waals surface area contributed by atoms with Gasteiger partial charge in [0.1, 0.15) is 0 Å². The van der Waals surface area contributed by atoms with Gasteiger partial charge in [-0.25, -0.2) is 10.4 Å². The van der Waals surface area contributed by atoms with E-state index in [2.05, 4.69) is 29.3 Å². The number of nitro benzene ring substituents is 1. The molecule has 6 nitrogen and oxygen atoms in total. The molecule has 0 radical (unpaired) electrons. The summed E-state index contributed by atoms with van der Waals surface area (Å²) in [6, 6.07) is 7.10. The van der Waals surface area contributed by atoms with Crippen LogP contribution in [0.3, 0.4) is 0 Å². The van der Waals surface area contributed by atoms with Crippen LogP contribution in [0.4, 0.5) is 5.69 Å². The second kappa shape index (κ2) is 7.49. The van der Waals surface area contributed by atoms with Crippen molar-refractivity contribution >= 4 is 5.69 Å². The molecule has 0 saturated carbocycles. The van der Waals surface area contributed by atoms with Gasteiger partial charge >= 0.3 is 0 Å². The van der Waals surface area contributed by atoms with Gasteiger partial charge in [0.25, 0.3) is 5.69 Å². The van der Waals surface area contributed by atoms with Gasteiger partial charge in [-0.2, -0.15) is 0 Å². The van der Waals surface area contributed by atoms with E-state index >= 15 is 0 Å². The number of rotatable bonds is 6. The minimum atomic E-state index is -0.331. The maximum Gasteiger partial charge on any atom is 0.269 e. The van der Waals surface area contributed by atoms with Crippen molar-refractivity contribution < 1.29 is 4.92 Å². The predicted octanol–water partition coefficient (Wildman–Crippen LogP) is 2.19. The zero-order valence-electron chi connectivity index (χ0n) is 12.8. The summed E-state index contributed by atoms with van der Waals surface area (Å²) in [6.45, 7) is 6.18. The van der Waals surface area contributed by atoms with E-state index in [1.54, 1.807) is 18.2 Å². The zero-order chi connectivity index (χ0) is 15.2. The lowest BCUT2D eigenvalue weighted by Crippen LogP contribution is -2.51. The van der Waals surface area contributed by atoms with Crippen molar-refractivity contribution in [3.05, 3.63) is 39.9 Å². The Hall–Kier alpha value is -1.50. The third-order valence-electron chi connectivity index (χ3n) is 3.90. The smallest absolute Gasteiger partial charge is 0.269 e. The van der Waals surface area contributed by atoms with Crippen LogP contribution in [0.25, 0.3) is 0 Å². The molecule has 116 valence electrons. The number of hydrogen-bond acceptors (Lipinski definition) is 5. The average Bonchev–Trinajstić information content (AvgIpc) is 2.49. The molecule has 1 aliphatic heterocycles. The highest BCUT2D eigenvalue weighted by Crippen LogP contribution is 2.23. The molecule has 1 unspecified atom stereocenters. The molecule has 1 N–H and O–H groups in total. The molecule has 1 aromatic carbocycles. The van der Waals surface area contributed by atoms with Crippen molar-refractivity contribution in [3.63, 3.8) is 0 Å². The lowest BCUT2D eigenvalue weighted by atomic mass is 10.0. The Morgan fingerprint density at radius 3 is 2.67 bits per heavy atom. The number of nitro groups is 1. The van der Waals surface area contributed by atoms with E-state index < -0.39 is 0 Å². The van der Waals surface area contributed by atoms with Gasteiger partial charge in [-0.05, 0) is 19.0 Å². The summed E-state index contributed by atoms with van der Waals surface area (Å²) in [7, 11) is 2.13. The van der Waals surface area contributed by atoms with Crippen LogP contribution < -0.4 is 5.43 Å². The van der Waals surface area contributed by atoms with E-state index in [-0.39, 0.29) is 16.7 Å². The molecule has 0 bridgehead atoms. The van der Waals surface area contributed by atoms with Gasteiger partial charge in [0.15, 0.2) is 0 Å². The van der Waals surface area contributed by atoms with Gasteiger partial charge in [-0.1, -0.05) is 25.5 Å². The van der Waals surface area contributed by atoms with E-state index in [9.17, 15) is 10.1 Å². The summed E-state index contributed by atoms with van der Waals surface area (Å²) in [6.07, 6.45) is 2.00. The molecule has 2 rings (SSSR count). The highest BCUT2D eigenvalue weighted by molar-refractivity contribution is 5.35. The van der Waals surface area contributed by atoms with Gasteiger partial charge < -0.3 is 4.90 Å². The van der Waals surface area contributed by atoms with Crippen LogP contribution in [0.2, 0.25) is 0 Å². The van der Waals surface area contributed by atoms with E-state index in [0.29, 0.717) is 0 Å². The molecule has 1 heterocycles. The second-order valence-corrected chi connectivity index (χ2v) is 5.61. The molecule has 1 aliphatic rings. The molecule has 0 spiro atoms. The molecule has 1 atom stereocenters. The first-order valence-corrected chi connectivity index (χ1v) is 7.54. The topological polar surface area (TPSA) is 61.6 Å². The van der Waals surface area contributed by atoms with Crippen molar-refractivity contribution in [3.8, 4) is 0 Å². The predicted molar refractivity (Wildman–Crippen MR) is 83.0 cm³/mol. The summed E-state index contributed by atoms with van der Waals surface area (Å²) in [5.74, 6) is 0. The summed E-state index contributed by atoms with van der Waals surface area (Å²) in [4.78, 5) is 12.9. The van der Waals surface area contributed by atoms with Gasteiger partial charge in [-0.3, -0.25) is 10.1 Å². The Morgan fingerprint density at radius 1 is 1.33 bits per heavy atom. The Balaban J connectivity index is 2.07. The van der Waals surface area contributed by atoms with Crippen molar-refractivity contribution in [2.75, 3.05) is 33.2 Å². The van der Waals surface area contributed by atoms with Crippen LogP contribution >= 0.6 is 0 Å². The number of hydrazine groups is 1. The molecule has 0 amide bonds. The summed E-state index contributed by atoms with van der Waals surface area (Å²) < 4.78 is 0. The van der Waals surface area contributed by atoms with Crippen molar-refractivity contribution in [1.82, 2.24) is 15.3 Å². The Kier molecular flexibility index (Phi) is 5.67. The van der Waals surface area contributed by atoms with Gasteiger partial charge in [0.2, 0.25) is 0 Å². The minimum Gasteiger partial charge on any atom is -0.304 e. The second-order valence-electron chi connectivity index (χ2n) is 5.61. The van der Waals surface area contributed by atoms with Crippen LogP contribution in [0, 0.1) is 10.1 Å². The van der Waals surface area contributed by atoms with Gasteiger partial charge in [0.05, 0.1) is 4.92 Å². The van der Waals surface area contributed by atoms with Gasteiger partial charge in [0, 0.05) is 44.4 Å². The molecular formula is C15H24N4O2. The third-order valence-corrected chi connectivity index (χ3v) is 3.90. The first-order valence-electron chi connectivity index (χ1n) is 7.54. The standard InChI is InChI=1S/C15H24N4O2/c1-3-5-15(16-18-10-8-17(2)9-11-18)13-6-4-7-14(12-13)19(20)21/h4,6-7,12,15-16H,3,5,8-11H2,1-2H3. The van der Waals surface area contributed by atoms with Crippen LogP contribution in [0.1, 0.15) is 31.4 Å². The number of benzene rings is 1. The fourth-order valence-corrected chi connectivity index (χ4v) is 2.61. The third kappa shape index (κ3) is 4.49. The first kappa shape index (κ1) is 15.9. The monoisotopic (exact) mass is 292 g/mol. The molecule has 6 heteroatoms. The van der Waals surface area contributed by atoms with Crippen molar-refractivity contribution in [2.24, 2.45) is 0 Å². The minimum absolute atomic E-state index is 0.137. The maximum absolute atomic E-state index is 10.9. The van der Waals surface area contributed by atoms with Crippen molar-refractivity contribution in [2.45, 2.75) is 25.8 Å². The Labute approximate surface area is 125 Å². The molecule has 1 fully saturated rings. The molecule has 0 aromatic heterocycles. The fourth-order valence-electron chi connectivity index (χ4n) is 2.61. The molecule has 1 saturated heterocycles. The molecular weight excluding hydrogens is 268 g/mol. The van der Waals surface area contributed by atoms with E-state index in [1.165, 1.54) is 0 Å². The Bertz CT molecular complexity index is 472. The lowest BCUT2D eigenvalue weighted by Gasteiger charge is -2.35. The summed E-state index contributed by atoms with van der Waals surface area (Å²) in [5, 5.41) is 13.2. The lowest BCUT2D eigenvalue weighted by molar-refractivity contribution is -0.384. The SMILES string of the molecule is CCCC(NN1CCN(C)CC1)c1cccc([N+](=O)[O-])c1. The quantitative estimate of drug-likeness (QED) is 0.643. The van der Waals surface area contributed by atoms with Crippen LogP contribution in [-0.4, -0.2) is 48.1 Å². The van der Waals surface area contributed by atoms with Gasteiger partial charge in [-0.15, -0.1) is 0 Å². The number of nitrogens with one attached hydrogen (secondary N) is 1. The summed E-state index contributed by atoms with van der Waals surface area (Å²) in [5.41, 5.74) is 4.70. The van der Waals surface area contributed by atoms with E-state index in [4.69, 9.17) is 0 Å². The first-order chi connectivity index (χ1) is 10.1. The van der Waals surface area contributed by atoms with Crippen LogP contribution in [0.5, 0.6) is 0 Å². The number of non-ortho nitro benzene ring substituents is 1. The van der Waals surface area contributed by atoms with Crippen molar-refractivity contribution in [1.29, 1.82) is 0 Å². The highest BCUT2D eigenvalue weighted by atomic mass is 16.6. The normalized spacial score (nSPS) is 18.6. The zero-order valence-corrected chi connectivity index (χ0v) is 12.8. The molecule has 0 aliphatic carbocycles. The summed E-state index contributed by atoms with van der Waals surface area (Å²) >= 11 is 0. The maximum atomic E-state index is 10.9. The number of likely N-dealkylation sites (N-methyl/N-ethyl adjacent to an activating group) is 1. The number of nitrogens with zero attached hydrogens (tertiary/aromatic N) is 3. The largest absolute Gasteiger partial charge is 0.304 e. The van der Waals surface area contributed by atoms with E-state index in [1.807, 2.05) is 6.07 Å². The highest BCUT2D eigenvalue weighted by Gasteiger charge is 2.19. The van der Waals surface area contributed by atoms with Crippen LogP contribution in [-0.2, 0) is 0 Å². The molecule has 1 aromatic rings. The van der Waals surface area contributed by atoms with E-state index in [0.717, 1.165) is 44.6 Å². The Morgan fingerprint density at radius 2 is 2.05 bits per heavy atom. The average molecular weight is 292 g/mol. The van der Waals surface area contributed by atoms with Crippen LogP contribution in [0.15, 0.2) is 24.3 Å². The number of piperazine rings is 1.